The third-order valence-corrected chi connectivity index (χ3v) is 3.78. The van der Waals surface area contributed by atoms with Crippen molar-refractivity contribution in [3.63, 3.8) is 0 Å². The fourth-order valence-electron chi connectivity index (χ4n) is 2.18. The molecule has 0 saturated heterocycles. The van der Waals surface area contributed by atoms with Crippen LogP contribution in [0.5, 0.6) is 5.75 Å². The Kier molecular flexibility index (Phi) is 6.69. The number of aliphatic hydroxyl groups is 1. The average Bonchev–Trinajstić information content (AvgIpc) is 2.45. The van der Waals surface area contributed by atoms with Crippen molar-refractivity contribution in [3.8, 4) is 5.75 Å². The van der Waals surface area contributed by atoms with E-state index in [-0.39, 0.29) is 24.7 Å². The zero-order valence-corrected chi connectivity index (χ0v) is 13.5. The van der Waals surface area contributed by atoms with Gasteiger partial charge in [-0.2, -0.15) is 0 Å². The molecule has 0 aliphatic rings. The van der Waals surface area contributed by atoms with Crippen LogP contribution in [0, 0.1) is 0 Å². The second-order valence-corrected chi connectivity index (χ2v) is 5.92. The maximum atomic E-state index is 12.0. The summed E-state index contributed by atoms with van der Waals surface area (Å²) in [6, 6.07) is 7.77. The smallest absolute Gasteiger partial charge is 0.258 e. The molecule has 0 bridgehead atoms. The summed E-state index contributed by atoms with van der Waals surface area (Å²) in [4.78, 5) is 12.0. The molecule has 4 heteroatoms. The molecule has 1 unspecified atom stereocenters. The number of para-hydroxylation sites is 1. The third kappa shape index (κ3) is 5.38. The molecule has 0 spiro atoms. The number of hydrogen-bond acceptors (Lipinski definition) is 3. The lowest BCUT2D eigenvalue weighted by atomic mass is 9.95. The second-order valence-electron chi connectivity index (χ2n) is 5.92. The molecule has 1 atom stereocenters. The topological polar surface area (TPSA) is 58.6 Å². The van der Waals surface area contributed by atoms with Crippen molar-refractivity contribution in [2.24, 2.45) is 0 Å². The summed E-state index contributed by atoms with van der Waals surface area (Å²) < 4.78 is 5.65. The number of aliphatic hydroxyl groups excluding tert-OH is 1. The van der Waals surface area contributed by atoms with Gasteiger partial charge in [-0.3, -0.25) is 4.79 Å². The molecule has 1 aromatic rings. The monoisotopic (exact) mass is 293 g/mol. The molecule has 0 heterocycles. The van der Waals surface area contributed by atoms with E-state index in [0.717, 1.165) is 17.7 Å². The van der Waals surface area contributed by atoms with Crippen LogP contribution in [-0.2, 0) is 4.79 Å². The molecule has 1 aromatic carbocycles. The molecule has 0 aromatic heterocycles. The van der Waals surface area contributed by atoms with Crippen molar-refractivity contribution in [1.82, 2.24) is 5.32 Å². The van der Waals surface area contributed by atoms with Crippen molar-refractivity contribution in [2.75, 3.05) is 13.2 Å². The molecular formula is C17H27NO3. The van der Waals surface area contributed by atoms with Crippen LogP contribution in [0.25, 0.3) is 0 Å². The van der Waals surface area contributed by atoms with Crippen molar-refractivity contribution < 1.29 is 14.6 Å². The molecule has 0 saturated carbocycles. The van der Waals surface area contributed by atoms with E-state index in [0.29, 0.717) is 12.3 Å². The molecule has 0 radical (unpaired) electrons. The maximum absolute atomic E-state index is 12.0. The van der Waals surface area contributed by atoms with E-state index in [1.54, 1.807) is 0 Å². The molecular weight excluding hydrogens is 266 g/mol. The lowest BCUT2D eigenvalue weighted by molar-refractivity contribution is -0.125. The van der Waals surface area contributed by atoms with Gasteiger partial charge in [-0.05, 0) is 37.3 Å². The number of carbonyl (C=O) groups is 1. The van der Waals surface area contributed by atoms with Gasteiger partial charge in [0.25, 0.3) is 5.91 Å². The van der Waals surface area contributed by atoms with Crippen molar-refractivity contribution in [3.05, 3.63) is 29.8 Å². The number of benzene rings is 1. The normalized spacial score (nSPS) is 13.8. The predicted molar refractivity (Wildman–Crippen MR) is 84.6 cm³/mol. The van der Waals surface area contributed by atoms with E-state index in [2.05, 4.69) is 19.2 Å². The summed E-state index contributed by atoms with van der Waals surface area (Å²) in [5.74, 6) is 0.939. The number of hydrogen-bond donors (Lipinski definition) is 2. The lowest BCUT2D eigenvalue weighted by Gasteiger charge is -2.29. The first-order chi connectivity index (χ1) is 9.91. The quantitative estimate of drug-likeness (QED) is 0.775. The highest BCUT2D eigenvalue weighted by molar-refractivity contribution is 5.78. The van der Waals surface area contributed by atoms with Gasteiger partial charge >= 0.3 is 0 Å². The van der Waals surface area contributed by atoms with Crippen LogP contribution in [-0.4, -0.2) is 29.8 Å². The highest BCUT2D eigenvalue weighted by Crippen LogP contribution is 2.25. The fraction of sp³-hybridized carbons (Fsp3) is 0.588. The van der Waals surface area contributed by atoms with Gasteiger partial charge in [0.15, 0.2) is 6.61 Å². The summed E-state index contributed by atoms with van der Waals surface area (Å²) >= 11 is 0. The Morgan fingerprint density at radius 3 is 2.62 bits per heavy atom. The molecule has 0 aliphatic carbocycles. The Hall–Kier alpha value is -1.55. The van der Waals surface area contributed by atoms with Crippen LogP contribution < -0.4 is 10.1 Å². The minimum Gasteiger partial charge on any atom is -0.483 e. The summed E-state index contributed by atoms with van der Waals surface area (Å²) in [6.45, 7) is 8.16. The van der Waals surface area contributed by atoms with Gasteiger partial charge in [-0.25, -0.2) is 0 Å². The Morgan fingerprint density at radius 2 is 2.05 bits per heavy atom. The summed E-state index contributed by atoms with van der Waals surface area (Å²) in [5.41, 5.74) is 0.714. The fourth-order valence-corrected chi connectivity index (χ4v) is 2.18. The largest absolute Gasteiger partial charge is 0.483 e. The van der Waals surface area contributed by atoms with Gasteiger partial charge in [0.1, 0.15) is 5.75 Å². The number of rotatable bonds is 8. The van der Waals surface area contributed by atoms with Crippen LogP contribution in [0.2, 0.25) is 0 Å². The maximum Gasteiger partial charge on any atom is 0.258 e. The van der Waals surface area contributed by atoms with E-state index in [1.807, 2.05) is 38.1 Å². The van der Waals surface area contributed by atoms with Crippen LogP contribution in [0.3, 0.4) is 0 Å². The van der Waals surface area contributed by atoms with E-state index >= 15 is 0 Å². The minimum absolute atomic E-state index is 0.00917. The minimum atomic E-state index is -0.382. The molecule has 0 aliphatic heterocycles. The van der Waals surface area contributed by atoms with Crippen molar-refractivity contribution >= 4 is 5.91 Å². The average molecular weight is 293 g/mol. The lowest BCUT2D eigenvalue weighted by Crippen LogP contribution is -2.47. The zero-order valence-electron chi connectivity index (χ0n) is 13.5. The van der Waals surface area contributed by atoms with Gasteiger partial charge in [0, 0.05) is 12.1 Å². The van der Waals surface area contributed by atoms with Crippen LogP contribution in [0.15, 0.2) is 24.3 Å². The molecule has 0 fully saturated rings. The molecule has 4 nitrogen and oxygen atoms in total. The van der Waals surface area contributed by atoms with Gasteiger partial charge in [-0.1, -0.05) is 39.0 Å². The van der Waals surface area contributed by atoms with E-state index in [1.165, 1.54) is 0 Å². The van der Waals surface area contributed by atoms with Gasteiger partial charge in [-0.15, -0.1) is 0 Å². The van der Waals surface area contributed by atoms with Crippen LogP contribution in [0.1, 0.15) is 52.0 Å². The first-order valence-corrected chi connectivity index (χ1v) is 7.55. The Labute approximate surface area is 127 Å². The molecule has 2 N–H and O–H groups in total. The Morgan fingerprint density at radius 1 is 1.38 bits per heavy atom. The number of amides is 1. The van der Waals surface area contributed by atoms with E-state index < -0.39 is 0 Å². The summed E-state index contributed by atoms with van der Waals surface area (Å²) in [5, 5.41) is 12.0. The highest BCUT2D eigenvalue weighted by Gasteiger charge is 2.23. The SMILES string of the molecule is CCC(C)(CCO)NC(=O)COc1ccccc1C(C)C. The Bertz CT molecular complexity index is 459. The molecule has 1 rings (SSSR count). The molecule has 21 heavy (non-hydrogen) atoms. The number of carbonyl (C=O) groups excluding carboxylic acids is 1. The molecule has 118 valence electrons. The van der Waals surface area contributed by atoms with Crippen molar-refractivity contribution in [2.45, 2.75) is 52.0 Å². The summed E-state index contributed by atoms with van der Waals surface area (Å²) in [7, 11) is 0. The van der Waals surface area contributed by atoms with Gasteiger partial charge in [0.2, 0.25) is 0 Å². The summed E-state index contributed by atoms with van der Waals surface area (Å²) in [6.07, 6.45) is 1.31. The predicted octanol–water partition coefficient (Wildman–Crippen LogP) is 2.86. The van der Waals surface area contributed by atoms with Crippen LogP contribution >= 0.6 is 0 Å². The standard InChI is InChI=1S/C17H27NO3/c1-5-17(4,10-11-19)18-16(20)12-21-15-9-7-6-8-14(15)13(2)3/h6-9,13,19H,5,10-12H2,1-4H3,(H,18,20). The van der Waals surface area contributed by atoms with Gasteiger partial charge < -0.3 is 15.2 Å². The van der Waals surface area contributed by atoms with Gasteiger partial charge in [0.05, 0.1) is 0 Å². The number of ether oxygens (including phenoxy) is 1. The van der Waals surface area contributed by atoms with E-state index in [9.17, 15) is 4.79 Å². The van der Waals surface area contributed by atoms with E-state index in [4.69, 9.17) is 9.84 Å². The third-order valence-electron chi connectivity index (χ3n) is 3.78. The zero-order chi connectivity index (χ0) is 15.9. The Balaban J connectivity index is 2.61. The molecule has 1 amide bonds. The first kappa shape index (κ1) is 17.5. The van der Waals surface area contributed by atoms with Crippen molar-refractivity contribution in [1.29, 1.82) is 0 Å². The first-order valence-electron chi connectivity index (χ1n) is 7.55. The number of nitrogens with one attached hydrogen (secondary N) is 1. The highest BCUT2D eigenvalue weighted by atomic mass is 16.5. The van der Waals surface area contributed by atoms with Crippen LogP contribution in [0.4, 0.5) is 0 Å². The second kappa shape index (κ2) is 8.03.